The molecular weight excluding hydrogens is 210 g/mol. The molecule has 0 saturated carbocycles. The Bertz CT molecular complexity index is 586. The largest absolute Gasteiger partial charge is 0.347 e. The number of unbranched alkanes of at least 4 members (excludes halogenated alkanes) is 1. The van der Waals surface area contributed by atoms with Crippen LogP contribution < -0.4 is 0 Å². The van der Waals surface area contributed by atoms with E-state index >= 15 is 0 Å². The SMILES string of the molecule is C#CCCCn1cc(C(C)=O)c2ccccc21. The molecule has 1 aromatic carbocycles. The minimum atomic E-state index is 0.108. The zero-order valence-corrected chi connectivity index (χ0v) is 9.94. The van der Waals surface area contributed by atoms with Crippen molar-refractivity contribution >= 4 is 16.7 Å². The molecule has 0 N–H and O–H groups in total. The van der Waals surface area contributed by atoms with Crippen molar-refractivity contribution in [3.05, 3.63) is 36.0 Å². The number of carbonyl (C=O) groups is 1. The first-order valence-electron chi connectivity index (χ1n) is 5.76. The van der Waals surface area contributed by atoms with Crippen LogP contribution in [0.3, 0.4) is 0 Å². The van der Waals surface area contributed by atoms with Gasteiger partial charge in [0.2, 0.25) is 0 Å². The molecule has 0 radical (unpaired) electrons. The van der Waals surface area contributed by atoms with Crippen LogP contribution in [-0.4, -0.2) is 10.4 Å². The number of hydrogen-bond acceptors (Lipinski definition) is 1. The Hall–Kier alpha value is -2.01. The number of aromatic nitrogens is 1. The Morgan fingerprint density at radius 1 is 1.41 bits per heavy atom. The molecule has 0 aliphatic heterocycles. The zero-order chi connectivity index (χ0) is 12.3. The van der Waals surface area contributed by atoms with Crippen LogP contribution in [0.25, 0.3) is 10.9 Å². The monoisotopic (exact) mass is 225 g/mol. The minimum absolute atomic E-state index is 0.108. The molecule has 17 heavy (non-hydrogen) atoms. The van der Waals surface area contributed by atoms with Crippen LogP contribution in [0.4, 0.5) is 0 Å². The summed E-state index contributed by atoms with van der Waals surface area (Å²) in [5.74, 6) is 2.74. The molecule has 0 bridgehead atoms. The van der Waals surface area contributed by atoms with Gasteiger partial charge in [-0.15, -0.1) is 12.3 Å². The molecule has 1 aromatic heterocycles. The Kier molecular flexibility index (Phi) is 3.30. The van der Waals surface area contributed by atoms with Gasteiger partial charge in [0.25, 0.3) is 0 Å². The summed E-state index contributed by atoms with van der Waals surface area (Å²) in [6, 6.07) is 7.98. The van der Waals surface area contributed by atoms with Gasteiger partial charge in [-0.25, -0.2) is 0 Å². The number of rotatable bonds is 4. The van der Waals surface area contributed by atoms with E-state index in [4.69, 9.17) is 6.42 Å². The number of fused-ring (bicyclic) bond motifs is 1. The lowest BCUT2D eigenvalue weighted by atomic mass is 10.1. The van der Waals surface area contributed by atoms with E-state index < -0.39 is 0 Å². The van der Waals surface area contributed by atoms with Crippen molar-refractivity contribution in [3.63, 3.8) is 0 Å². The molecule has 2 heteroatoms. The number of aryl methyl sites for hydroxylation is 1. The lowest BCUT2D eigenvalue weighted by molar-refractivity contribution is 0.101. The van der Waals surface area contributed by atoms with Crippen molar-refractivity contribution in [2.45, 2.75) is 26.3 Å². The summed E-state index contributed by atoms with van der Waals surface area (Å²) in [5.41, 5.74) is 1.90. The Labute approximate surface area is 101 Å². The molecule has 0 saturated heterocycles. The van der Waals surface area contributed by atoms with E-state index in [9.17, 15) is 4.79 Å². The molecule has 0 amide bonds. The maximum absolute atomic E-state index is 11.6. The van der Waals surface area contributed by atoms with E-state index in [1.807, 2.05) is 30.5 Å². The van der Waals surface area contributed by atoms with Gasteiger partial charge in [-0.3, -0.25) is 4.79 Å². The van der Waals surface area contributed by atoms with Gasteiger partial charge in [-0.1, -0.05) is 18.2 Å². The minimum Gasteiger partial charge on any atom is -0.347 e. The summed E-state index contributed by atoms with van der Waals surface area (Å²) in [6.45, 7) is 2.46. The van der Waals surface area contributed by atoms with E-state index in [2.05, 4.69) is 10.5 Å². The molecule has 0 fully saturated rings. The standard InChI is InChI=1S/C15H15NO/c1-3-4-7-10-16-11-14(12(2)17)13-8-5-6-9-15(13)16/h1,5-6,8-9,11H,4,7,10H2,2H3. The van der Waals surface area contributed by atoms with Gasteiger partial charge >= 0.3 is 0 Å². The second kappa shape index (κ2) is 4.88. The average Bonchev–Trinajstić information content (AvgIpc) is 2.69. The van der Waals surface area contributed by atoms with Crippen LogP contribution in [0.5, 0.6) is 0 Å². The predicted molar refractivity (Wildman–Crippen MR) is 70.0 cm³/mol. The third-order valence-corrected chi connectivity index (χ3v) is 2.89. The highest BCUT2D eigenvalue weighted by Gasteiger charge is 2.10. The van der Waals surface area contributed by atoms with Crippen molar-refractivity contribution in [1.29, 1.82) is 0 Å². The fourth-order valence-electron chi connectivity index (χ4n) is 2.06. The lowest BCUT2D eigenvalue weighted by Gasteiger charge is -2.02. The van der Waals surface area contributed by atoms with E-state index in [1.165, 1.54) is 0 Å². The van der Waals surface area contributed by atoms with Crippen LogP contribution >= 0.6 is 0 Å². The third-order valence-electron chi connectivity index (χ3n) is 2.89. The lowest BCUT2D eigenvalue weighted by Crippen LogP contribution is -1.95. The van der Waals surface area contributed by atoms with Gasteiger partial charge in [0, 0.05) is 35.6 Å². The highest BCUT2D eigenvalue weighted by molar-refractivity contribution is 6.06. The average molecular weight is 225 g/mol. The van der Waals surface area contributed by atoms with Crippen molar-refractivity contribution in [2.75, 3.05) is 0 Å². The Morgan fingerprint density at radius 3 is 2.88 bits per heavy atom. The van der Waals surface area contributed by atoms with Gasteiger partial charge in [0.05, 0.1) is 0 Å². The first kappa shape index (κ1) is 11.5. The third kappa shape index (κ3) is 2.24. The quantitative estimate of drug-likeness (QED) is 0.444. The predicted octanol–water partition coefficient (Wildman–Crippen LogP) is 3.26. The second-order valence-corrected chi connectivity index (χ2v) is 4.12. The number of carbonyl (C=O) groups excluding carboxylic acids is 1. The van der Waals surface area contributed by atoms with Crippen LogP contribution in [0.2, 0.25) is 0 Å². The molecule has 0 aliphatic carbocycles. The second-order valence-electron chi connectivity index (χ2n) is 4.12. The smallest absolute Gasteiger partial charge is 0.161 e. The summed E-state index contributed by atoms with van der Waals surface area (Å²) in [5, 5.41) is 1.03. The number of ketones is 1. The first-order valence-corrected chi connectivity index (χ1v) is 5.76. The summed E-state index contributed by atoms with van der Waals surface area (Å²) < 4.78 is 2.11. The molecule has 2 nitrogen and oxygen atoms in total. The Morgan fingerprint density at radius 2 is 2.18 bits per heavy atom. The number of nitrogens with zero attached hydrogens (tertiary/aromatic N) is 1. The number of hydrogen-bond donors (Lipinski definition) is 0. The molecule has 86 valence electrons. The summed E-state index contributed by atoms with van der Waals surface area (Å²) in [4.78, 5) is 11.6. The number of para-hydroxylation sites is 1. The molecule has 0 unspecified atom stereocenters. The molecule has 2 rings (SSSR count). The van der Waals surface area contributed by atoms with Gasteiger partial charge in [-0.05, 0) is 19.4 Å². The highest BCUT2D eigenvalue weighted by atomic mass is 16.1. The van der Waals surface area contributed by atoms with Gasteiger partial charge in [-0.2, -0.15) is 0 Å². The fourth-order valence-corrected chi connectivity index (χ4v) is 2.06. The van der Waals surface area contributed by atoms with E-state index in [-0.39, 0.29) is 5.78 Å². The molecular formula is C15H15NO. The molecule has 0 aliphatic rings. The molecule has 0 atom stereocenters. The van der Waals surface area contributed by atoms with Gasteiger partial charge in [0.15, 0.2) is 5.78 Å². The molecule has 0 spiro atoms. The van der Waals surface area contributed by atoms with Crippen molar-refractivity contribution in [2.24, 2.45) is 0 Å². The molecule has 1 heterocycles. The van der Waals surface area contributed by atoms with Crippen molar-refractivity contribution in [1.82, 2.24) is 4.57 Å². The summed E-state index contributed by atoms with van der Waals surface area (Å²) in [7, 11) is 0. The van der Waals surface area contributed by atoms with Crippen LogP contribution in [-0.2, 0) is 6.54 Å². The summed E-state index contributed by atoms with van der Waals surface area (Å²) in [6.07, 6.45) is 8.88. The zero-order valence-electron chi connectivity index (χ0n) is 9.94. The fraction of sp³-hybridized carbons (Fsp3) is 0.267. The maximum Gasteiger partial charge on any atom is 0.161 e. The van der Waals surface area contributed by atoms with Crippen molar-refractivity contribution in [3.8, 4) is 12.3 Å². The van der Waals surface area contributed by atoms with Crippen LogP contribution in [0, 0.1) is 12.3 Å². The van der Waals surface area contributed by atoms with E-state index in [1.54, 1.807) is 6.92 Å². The van der Waals surface area contributed by atoms with E-state index in [0.29, 0.717) is 0 Å². The first-order chi connectivity index (χ1) is 8.24. The highest BCUT2D eigenvalue weighted by Crippen LogP contribution is 2.22. The Balaban J connectivity index is 2.42. The number of Topliss-reactive ketones (excluding diaryl/α,β-unsaturated/α-hetero) is 1. The topological polar surface area (TPSA) is 22.0 Å². The van der Waals surface area contributed by atoms with Crippen LogP contribution in [0.1, 0.15) is 30.1 Å². The van der Waals surface area contributed by atoms with E-state index in [0.717, 1.165) is 35.9 Å². The van der Waals surface area contributed by atoms with Gasteiger partial charge in [0.1, 0.15) is 0 Å². The number of benzene rings is 1. The summed E-state index contributed by atoms with van der Waals surface area (Å²) >= 11 is 0. The maximum atomic E-state index is 11.6. The molecule has 2 aromatic rings. The van der Waals surface area contributed by atoms with Crippen molar-refractivity contribution < 1.29 is 4.79 Å². The van der Waals surface area contributed by atoms with Gasteiger partial charge < -0.3 is 4.57 Å². The number of terminal acetylenes is 1. The normalized spacial score (nSPS) is 10.4. The van der Waals surface area contributed by atoms with Crippen LogP contribution in [0.15, 0.2) is 30.5 Å².